The van der Waals surface area contributed by atoms with Crippen LogP contribution in [0.15, 0.2) is 20.8 Å². The first kappa shape index (κ1) is 8.68. The van der Waals surface area contributed by atoms with E-state index in [1.807, 2.05) is 6.20 Å². The average Bonchev–Trinajstić information content (AvgIpc) is 2.89. The predicted octanol–water partition coefficient (Wildman–Crippen LogP) is 3.23. The molecule has 4 heteroatoms. The number of halogens is 1. The molecule has 2 nitrogen and oxygen atoms in total. The Morgan fingerprint density at radius 2 is 2.29 bits per heavy atom. The highest BCUT2D eigenvalue weighted by Gasteiger charge is 2.26. The van der Waals surface area contributed by atoms with E-state index in [9.17, 15) is 4.79 Å². The highest BCUT2D eigenvalue weighted by molar-refractivity contribution is 9.11. The van der Waals surface area contributed by atoms with E-state index in [2.05, 4.69) is 27.0 Å². The smallest absolute Gasteiger partial charge is 0.265 e. The van der Waals surface area contributed by atoms with E-state index in [0.717, 1.165) is 13.9 Å². The summed E-state index contributed by atoms with van der Waals surface area (Å²) in [6.07, 6.45) is 4.39. The molecule has 72 valence electrons. The van der Waals surface area contributed by atoms with Crippen LogP contribution in [0, 0.1) is 0 Å². The van der Waals surface area contributed by atoms with Gasteiger partial charge >= 0.3 is 0 Å². The summed E-state index contributed by atoms with van der Waals surface area (Å²) in [5.41, 5.74) is 1.33. The standard InChI is InChI=1S/C10H8BrNOS/c11-8-3-6-7(5-1-2-5)4-12-10(13)9(6)14-8/h3-5H,1-2H2,(H,12,13). The molecular weight excluding hydrogens is 262 g/mol. The second kappa shape index (κ2) is 2.94. The second-order valence-electron chi connectivity index (χ2n) is 3.64. The predicted molar refractivity (Wildman–Crippen MR) is 62.1 cm³/mol. The number of nitrogens with one attached hydrogen (secondary N) is 1. The van der Waals surface area contributed by atoms with Gasteiger partial charge in [0.15, 0.2) is 0 Å². The van der Waals surface area contributed by atoms with Crippen LogP contribution < -0.4 is 5.56 Å². The maximum atomic E-state index is 11.5. The van der Waals surface area contributed by atoms with Crippen molar-refractivity contribution in [1.29, 1.82) is 0 Å². The lowest BCUT2D eigenvalue weighted by atomic mass is 10.1. The van der Waals surface area contributed by atoms with Gasteiger partial charge in [-0.25, -0.2) is 0 Å². The van der Waals surface area contributed by atoms with Gasteiger partial charge in [-0.1, -0.05) is 0 Å². The Hall–Kier alpha value is -0.610. The topological polar surface area (TPSA) is 32.9 Å². The molecule has 2 aromatic heterocycles. The van der Waals surface area contributed by atoms with Crippen LogP contribution in [-0.2, 0) is 0 Å². The molecule has 0 aromatic carbocycles. The summed E-state index contributed by atoms with van der Waals surface area (Å²) in [7, 11) is 0. The molecule has 1 N–H and O–H groups in total. The molecule has 2 heterocycles. The Morgan fingerprint density at radius 1 is 1.50 bits per heavy atom. The molecule has 0 radical (unpaired) electrons. The Labute approximate surface area is 93.1 Å². The molecule has 0 unspecified atom stereocenters. The van der Waals surface area contributed by atoms with E-state index in [4.69, 9.17) is 0 Å². The van der Waals surface area contributed by atoms with Gasteiger partial charge < -0.3 is 4.98 Å². The molecule has 0 saturated heterocycles. The van der Waals surface area contributed by atoms with Crippen molar-refractivity contribution in [1.82, 2.24) is 4.98 Å². The van der Waals surface area contributed by atoms with Crippen molar-refractivity contribution in [3.05, 3.63) is 32.0 Å². The first-order chi connectivity index (χ1) is 6.75. The third-order valence-corrected chi connectivity index (χ3v) is 4.23. The van der Waals surface area contributed by atoms with E-state index >= 15 is 0 Å². The molecule has 0 atom stereocenters. The van der Waals surface area contributed by atoms with Crippen molar-refractivity contribution in [3.63, 3.8) is 0 Å². The Morgan fingerprint density at radius 3 is 3.00 bits per heavy atom. The number of aromatic nitrogens is 1. The Kier molecular flexibility index (Phi) is 1.82. The molecule has 0 spiro atoms. The van der Waals surface area contributed by atoms with Gasteiger partial charge in [-0.05, 0) is 46.3 Å². The maximum Gasteiger partial charge on any atom is 0.265 e. The zero-order valence-electron chi connectivity index (χ0n) is 7.34. The van der Waals surface area contributed by atoms with Crippen LogP contribution in [0.2, 0.25) is 0 Å². The molecular formula is C10H8BrNOS. The van der Waals surface area contributed by atoms with Crippen LogP contribution in [0.3, 0.4) is 0 Å². The van der Waals surface area contributed by atoms with E-state index in [1.165, 1.54) is 29.7 Å². The Balaban J connectivity index is 2.40. The van der Waals surface area contributed by atoms with Gasteiger partial charge in [-0.15, -0.1) is 11.3 Å². The van der Waals surface area contributed by atoms with E-state index < -0.39 is 0 Å². The minimum absolute atomic E-state index is 0.0279. The summed E-state index contributed by atoms with van der Waals surface area (Å²) in [5, 5.41) is 1.13. The fourth-order valence-electron chi connectivity index (χ4n) is 1.76. The summed E-state index contributed by atoms with van der Waals surface area (Å²) in [5.74, 6) is 0.677. The summed E-state index contributed by atoms with van der Waals surface area (Å²) in [4.78, 5) is 14.3. The lowest BCUT2D eigenvalue weighted by molar-refractivity contribution is 1.11. The van der Waals surface area contributed by atoms with Gasteiger partial charge in [0.1, 0.15) is 4.70 Å². The summed E-state index contributed by atoms with van der Waals surface area (Å²) >= 11 is 4.94. The molecule has 1 saturated carbocycles. The minimum atomic E-state index is 0.0279. The number of hydrogen-bond acceptors (Lipinski definition) is 2. The fourth-order valence-corrected chi connectivity index (χ4v) is 3.29. The number of H-pyrrole nitrogens is 1. The maximum absolute atomic E-state index is 11.5. The molecule has 0 aliphatic heterocycles. The van der Waals surface area contributed by atoms with Crippen molar-refractivity contribution in [3.8, 4) is 0 Å². The molecule has 2 aromatic rings. The lowest BCUT2D eigenvalue weighted by Gasteiger charge is -1.98. The molecule has 1 aliphatic rings. The monoisotopic (exact) mass is 269 g/mol. The van der Waals surface area contributed by atoms with Gasteiger partial charge in [0.05, 0.1) is 3.79 Å². The van der Waals surface area contributed by atoms with Crippen LogP contribution >= 0.6 is 27.3 Å². The van der Waals surface area contributed by atoms with E-state index in [-0.39, 0.29) is 5.56 Å². The lowest BCUT2D eigenvalue weighted by Crippen LogP contribution is -2.04. The summed E-state index contributed by atoms with van der Waals surface area (Å²) in [6, 6.07) is 2.06. The number of rotatable bonds is 1. The number of aromatic amines is 1. The normalized spacial score (nSPS) is 16.4. The molecule has 3 rings (SSSR count). The quantitative estimate of drug-likeness (QED) is 0.847. The van der Waals surface area contributed by atoms with Crippen molar-refractivity contribution in [2.45, 2.75) is 18.8 Å². The Bertz CT molecular complexity index is 553. The zero-order chi connectivity index (χ0) is 9.71. The average molecular weight is 270 g/mol. The molecule has 14 heavy (non-hydrogen) atoms. The second-order valence-corrected chi connectivity index (χ2v) is 6.07. The van der Waals surface area contributed by atoms with Crippen LogP contribution in [0.4, 0.5) is 0 Å². The molecule has 1 aliphatic carbocycles. The zero-order valence-corrected chi connectivity index (χ0v) is 9.74. The minimum Gasteiger partial charge on any atom is -0.328 e. The molecule has 0 bridgehead atoms. The van der Waals surface area contributed by atoms with Gasteiger partial charge in [0, 0.05) is 11.6 Å². The fraction of sp³-hybridized carbons (Fsp3) is 0.300. The summed E-state index contributed by atoms with van der Waals surface area (Å²) < 4.78 is 1.88. The van der Waals surface area contributed by atoms with Crippen molar-refractivity contribution in [2.75, 3.05) is 0 Å². The number of fused-ring (bicyclic) bond motifs is 1. The molecule has 1 fully saturated rings. The van der Waals surface area contributed by atoms with Gasteiger partial charge in [0.2, 0.25) is 0 Å². The van der Waals surface area contributed by atoms with E-state index in [0.29, 0.717) is 5.92 Å². The van der Waals surface area contributed by atoms with Crippen LogP contribution in [0.25, 0.3) is 10.1 Å². The third-order valence-electron chi connectivity index (χ3n) is 2.60. The van der Waals surface area contributed by atoms with Gasteiger partial charge in [-0.3, -0.25) is 4.79 Å². The highest BCUT2D eigenvalue weighted by Crippen LogP contribution is 2.43. The van der Waals surface area contributed by atoms with E-state index in [1.54, 1.807) is 0 Å². The van der Waals surface area contributed by atoms with Crippen molar-refractivity contribution < 1.29 is 0 Å². The number of thiophene rings is 1. The van der Waals surface area contributed by atoms with Crippen molar-refractivity contribution >= 4 is 37.4 Å². The van der Waals surface area contributed by atoms with Crippen LogP contribution in [0.5, 0.6) is 0 Å². The number of pyridine rings is 1. The highest BCUT2D eigenvalue weighted by atomic mass is 79.9. The first-order valence-corrected chi connectivity index (χ1v) is 6.17. The van der Waals surface area contributed by atoms with Gasteiger partial charge in [-0.2, -0.15) is 0 Å². The van der Waals surface area contributed by atoms with Crippen molar-refractivity contribution in [2.24, 2.45) is 0 Å². The third kappa shape index (κ3) is 1.25. The SMILES string of the molecule is O=c1[nH]cc(C2CC2)c2cc(Br)sc12. The van der Waals surface area contributed by atoms with Crippen LogP contribution in [0.1, 0.15) is 24.3 Å². The summed E-state index contributed by atoms with van der Waals surface area (Å²) in [6.45, 7) is 0. The number of hydrogen-bond donors (Lipinski definition) is 1. The van der Waals surface area contributed by atoms with Crippen LogP contribution in [-0.4, -0.2) is 4.98 Å². The first-order valence-electron chi connectivity index (χ1n) is 4.56. The largest absolute Gasteiger partial charge is 0.328 e. The molecule has 0 amide bonds. The van der Waals surface area contributed by atoms with Gasteiger partial charge in [0.25, 0.3) is 5.56 Å².